The monoisotopic (exact) mass is 289 g/mol. The van der Waals surface area contributed by atoms with Crippen LogP contribution in [0.15, 0.2) is 17.0 Å². The van der Waals surface area contributed by atoms with Gasteiger partial charge in [-0.3, -0.25) is 0 Å². The van der Waals surface area contributed by atoms with E-state index in [0.717, 1.165) is 12.1 Å². The van der Waals surface area contributed by atoms with E-state index in [4.69, 9.17) is 10.2 Å². The first-order chi connectivity index (χ1) is 8.65. The summed E-state index contributed by atoms with van der Waals surface area (Å²) in [7, 11) is -3.94. The number of aromatic hydroxyl groups is 1. The van der Waals surface area contributed by atoms with Crippen LogP contribution >= 0.6 is 0 Å². The van der Waals surface area contributed by atoms with E-state index in [0.29, 0.717) is 0 Å². The second-order valence-electron chi connectivity index (χ2n) is 4.14. The van der Waals surface area contributed by atoms with E-state index in [1.54, 1.807) is 0 Å². The molecule has 0 unspecified atom stereocenters. The number of carboxylic acids is 1. The third kappa shape index (κ3) is 3.66. The Morgan fingerprint density at radius 2 is 2.00 bits per heavy atom. The molecule has 0 heterocycles. The second-order valence-corrected chi connectivity index (χ2v) is 5.88. The van der Waals surface area contributed by atoms with Gasteiger partial charge in [0.05, 0.1) is 11.0 Å². The van der Waals surface area contributed by atoms with Crippen molar-refractivity contribution in [1.29, 1.82) is 0 Å². The molecule has 19 heavy (non-hydrogen) atoms. The Morgan fingerprint density at radius 1 is 1.42 bits per heavy atom. The lowest BCUT2D eigenvalue weighted by molar-refractivity contribution is 0.0693. The number of aryl methyl sites for hydroxylation is 1. The van der Waals surface area contributed by atoms with E-state index in [9.17, 15) is 18.3 Å². The topological polar surface area (TPSA) is 124 Å². The zero-order valence-electron chi connectivity index (χ0n) is 10.4. The average Bonchev–Trinajstić information content (AvgIpc) is 2.25. The third-order valence-corrected chi connectivity index (χ3v) is 3.95. The molecule has 4 N–H and O–H groups in total. The molecule has 1 atom stereocenters. The van der Waals surface area contributed by atoms with Crippen molar-refractivity contribution < 1.29 is 28.5 Å². The molecule has 0 fully saturated rings. The molecule has 0 amide bonds. The summed E-state index contributed by atoms with van der Waals surface area (Å²) in [6, 6.07) is 1.96. The van der Waals surface area contributed by atoms with Crippen LogP contribution in [0.2, 0.25) is 0 Å². The van der Waals surface area contributed by atoms with Crippen molar-refractivity contribution in [3.63, 3.8) is 0 Å². The van der Waals surface area contributed by atoms with E-state index >= 15 is 0 Å². The molecule has 1 aromatic rings. The average molecular weight is 289 g/mol. The largest absolute Gasteiger partial charge is 0.507 e. The first-order valence-corrected chi connectivity index (χ1v) is 6.88. The molecule has 0 aliphatic carbocycles. The number of nitrogens with one attached hydrogen (secondary N) is 1. The fraction of sp³-hybridized carbons (Fsp3) is 0.364. The van der Waals surface area contributed by atoms with Gasteiger partial charge in [0, 0.05) is 6.54 Å². The Kier molecular flexibility index (Phi) is 4.51. The molecule has 7 nitrogen and oxygen atoms in total. The standard InChI is InChI=1S/C11H15NO6S/c1-6-3-9(14)8(11(15)16)4-10(6)19(17,18)12-5-7(2)13/h3-4,7,12-14H,5H2,1-2H3,(H,15,16)/t7-/m1/s1. The molecule has 0 saturated heterocycles. The van der Waals surface area contributed by atoms with Gasteiger partial charge >= 0.3 is 5.97 Å². The lowest BCUT2D eigenvalue weighted by atomic mass is 10.1. The van der Waals surface area contributed by atoms with Crippen molar-refractivity contribution in [3.8, 4) is 5.75 Å². The zero-order valence-corrected chi connectivity index (χ0v) is 11.2. The first kappa shape index (κ1) is 15.4. The van der Waals surface area contributed by atoms with Gasteiger partial charge in [-0.15, -0.1) is 0 Å². The molecule has 0 aliphatic heterocycles. The van der Waals surface area contributed by atoms with E-state index < -0.39 is 33.4 Å². The van der Waals surface area contributed by atoms with E-state index in [1.807, 2.05) is 0 Å². The van der Waals surface area contributed by atoms with Crippen LogP contribution in [0.1, 0.15) is 22.8 Å². The Balaban J connectivity index is 3.27. The summed E-state index contributed by atoms with van der Waals surface area (Å²) in [4.78, 5) is 10.6. The van der Waals surface area contributed by atoms with E-state index in [2.05, 4.69) is 4.72 Å². The maximum absolute atomic E-state index is 11.9. The Bertz CT molecular complexity index is 593. The number of hydrogen-bond acceptors (Lipinski definition) is 5. The summed E-state index contributed by atoms with van der Waals surface area (Å²) >= 11 is 0. The fourth-order valence-electron chi connectivity index (χ4n) is 1.44. The van der Waals surface area contributed by atoms with Gasteiger partial charge in [0.15, 0.2) is 0 Å². The molecular weight excluding hydrogens is 274 g/mol. The molecule has 106 valence electrons. The Hall–Kier alpha value is -1.64. The van der Waals surface area contributed by atoms with Gasteiger partial charge < -0.3 is 15.3 Å². The van der Waals surface area contributed by atoms with E-state index in [1.165, 1.54) is 13.8 Å². The van der Waals surface area contributed by atoms with Gasteiger partial charge in [0.25, 0.3) is 0 Å². The minimum atomic E-state index is -3.94. The molecule has 0 aromatic heterocycles. The summed E-state index contributed by atoms with van der Waals surface area (Å²) in [5.74, 6) is -1.93. The maximum Gasteiger partial charge on any atom is 0.339 e. The number of phenols is 1. The highest BCUT2D eigenvalue weighted by Crippen LogP contribution is 2.25. The number of benzene rings is 1. The quantitative estimate of drug-likeness (QED) is 0.607. The maximum atomic E-state index is 11.9. The second kappa shape index (κ2) is 5.55. The summed E-state index contributed by atoms with van der Waals surface area (Å²) in [6.45, 7) is 2.65. The summed E-state index contributed by atoms with van der Waals surface area (Å²) in [5, 5.41) is 27.3. The van der Waals surface area contributed by atoms with Crippen LogP contribution < -0.4 is 4.72 Å². The highest BCUT2D eigenvalue weighted by Gasteiger charge is 2.21. The predicted molar refractivity (Wildman–Crippen MR) is 66.7 cm³/mol. The highest BCUT2D eigenvalue weighted by atomic mass is 32.2. The molecule has 0 bridgehead atoms. The Morgan fingerprint density at radius 3 is 2.47 bits per heavy atom. The van der Waals surface area contributed by atoms with Crippen molar-refractivity contribution in [2.75, 3.05) is 6.54 Å². The summed E-state index contributed by atoms with van der Waals surface area (Å²) in [6.07, 6.45) is -0.869. The number of hydrogen-bond donors (Lipinski definition) is 4. The third-order valence-electron chi connectivity index (χ3n) is 2.38. The van der Waals surface area contributed by atoms with Crippen LogP contribution in [0, 0.1) is 6.92 Å². The van der Waals surface area contributed by atoms with Crippen LogP contribution in [0.4, 0.5) is 0 Å². The van der Waals surface area contributed by atoms with Crippen LogP contribution in [0.3, 0.4) is 0 Å². The number of carbonyl (C=O) groups is 1. The molecule has 0 saturated carbocycles. The lowest BCUT2D eigenvalue weighted by Crippen LogP contribution is -2.31. The lowest BCUT2D eigenvalue weighted by Gasteiger charge is -2.12. The normalized spacial score (nSPS) is 13.2. The summed E-state index contributed by atoms with van der Waals surface area (Å²) in [5.41, 5.74) is -0.288. The van der Waals surface area contributed by atoms with Gasteiger partial charge in [-0.2, -0.15) is 0 Å². The predicted octanol–water partition coefficient (Wildman–Crippen LogP) is 0.0579. The van der Waals surface area contributed by atoms with Gasteiger partial charge in [-0.05, 0) is 31.5 Å². The number of carboxylic acid groups (broad SMARTS) is 1. The number of aromatic carboxylic acids is 1. The molecule has 1 rings (SSSR count). The Labute approximate surface area is 110 Å². The van der Waals surface area contributed by atoms with Gasteiger partial charge in [0.1, 0.15) is 11.3 Å². The van der Waals surface area contributed by atoms with Gasteiger partial charge in [-0.25, -0.2) is 17.9 Å². The van der Waals surface area contributed by atoms with Crippen LogP contribution in [-0.4, -0.2) is 42.4 Å². The molecule has 8 heteroatoms. The van der Waals surface area contributed by atoms with Crippen molar-refractivity contribution in [2.24, 2.45) is 0 Å². The first-order valence-electron chi connectivity index (χ1n) is 5.39. The van der Waals surface area contributed by atoms with Crippen molar-refractivity contribution in [2.45, 2.75) is 24.8 Å². The van der Waals surface area contributed by atoms with Gasteiger partial charge in [-0.1, -0.05) is 0 Å². The minimum Gasteiger partial charge on any atom is -0.507 e. The van der Waals surface area contributed by atoms with Crippen molar-refractivity contribution in [3.05, 3.63) is 23.3 Å². The fourth-order valence-corrected chi connectivity index (χ4v) is 2.81. The highest BCUT2D eigenvalue weighted by molar-refractivity contribution is 7.89. The van der Waals surface area contributed by atoms with Crippen LogP contribution in [-0.2, 0) is 10.0 Å². The molecule has 0 spiro atoms. The zero-order chi connectivity index (χ0) is 14.8. The van der Waals surface area contributed by atoms with Crippen LogP contribution in [0.5, 0.6) is 5.75 Å². The smallest absolute Gasteiger partial charge is 0.339 e. The van der Waals surface area contributed by atoms with Crippen molar-refractivity contribution in [1.82, 2.24) is 4.72 Å². The number of aliphatic hydroxyl groups is 1. The summed E-state index contributed by atoms with van der Waals surface area (Å²) < 4.78 is 26.0. The van der Waals surface area contributed by atoms with E-state index in [-0.39, 0.29) is 17.0 Å². The SMILES string of the molecule is Cc1cc(O)c(C(=O)O)cc1S(=O)(=O)NC[C@@H](C)O. The van der Waals surface area contributed by atoms with Crippen molar-refractivity contribution >= 4 is 16.0 Å². The van der Waals surface area contributed by atoms with Gasteiger partial charge in [0.2, 0.25) is 10.0 Å². The van der Waals surface area contributed by atoms with Crippen LogP contribution in [0.25, 0.3) is 0 Å². The molecular formula is C11H15NO6S. The molecule has 0 radical (unpaired) electrons. The molecule has 1 aromatic carbocycles. The number of aliphatic hydroxyl groups excluding tert-OH is 1. The number of rotatable bonds is 5. The molecule has 0 aliphatic rings. The minimum absolute atomic E-state index is 0.189. The number of sulfonamides is 1.